The number of aliphatic hydroxyl groups excluding tert-OH is 1. The van der Waals surface area contributed by atoms with Crippen LogP contribution in [0.4, 0.5) is 4.79 Å². The summed E-state index contributed by atoms with van der Waals surface area (Å²) in [5.41, 5.74) is 3.03. The molecule has 3 N–H and O–H groups in total. The van der Waals surface area contributed by atoms with Crippen LogP contribution in [0.25, 0.3) is 0 Å². The van der Waals surface area contributed by atoms with Crippen molar-refractivity contribution in [1.82, 2.24) is 15.6 Å². The Morgan fingerprint density at radius 3 is 2.09 bits per heavy atom. The molecule has 6 heteroatoms. The first-order valence-corrected chi connectivity index (χ1v) is 7.86. The third kappa shape index (κ3) is 6.26. The van der Waals surface area contributed by atoms with Gasteiger partial charge in [0.15, 0.2) is 0 Å². The predicted molar refractivity (Wildman–Crippen MR) is 90.4 cm³/mol. The number of halogens is 1. The summed E-state index contributed by atoms with van der Waals surface area (Å²) in [6, 6.07) is 11.1. The molecule has 2 amide bonds. The van der Waals surface area contributed by atoms with E-state index in [1.165, 1.54) is 0 Å². The first-order chi connectivity index (χ1) is 11.2. The van der Waals surface area contributed by atoms with E-state index in [4.69, 9.17) is 16.7 Å². The number of aliphatic hydroxyl groups is 1. The molecule has 0 aliphatic heterocycles. The Hall–Kier alpha value is -2.11. The van der Waals surface area contributed by atoms with E-state index in [1.807, 2.05) is 30.3 Å². The number of aromatic nitrogens is 1. The third-order valence-electron chi connectivity index (χ3n) is 3.39. The number of hydrogen-bond acceptors (Lipinski definition) is 3. The van der Waals surface area contributed by atoms with Gasteiger partial charge in [-0.15, -0.1) is 0 Å². The van der Waals surface area contributed by atoms with Crippen molar-refractivity contribution < 1.29 is 9.90 Å². The highest BCUT2D eigenvalue weighted by molar-refractivity contribution is 6.29. The monoisotopic (exact) mass is 333 g/mol. The Labute approximate surface area is 140 Å². The van der Waals surface area contributed by atoms with Crippen molar-refractivity contribution >= 4 is 17.6 Å². The summed E-state index contributed by atoms with van der Waals surface area (Å²) >= 11 is 5.72. The van der Waals surface area contributed by atoms with E-state index in [-0.39, 0.29) is 12.6 Å². The third-order valence-corrected chi connectivity index (χ3v) is 3.62. The molecule has 0 bridgehead atoms. The minimum absolute atomic E-state index is 0.0457. The highest BCUT2D eigenvalue weighted by Gasteiger charge is 2.01. The van der Waals surface area contributed by atoms with E-state index in [1.54, 1.807) is 12.3 Å². The van der Waals surface area contributed by atoms with Gasteiger partial charge in [0.1, 0.15) is 5.15 Å². The standard InChI is InChI=1S/C17H20ClN3O2/c18-16-6-5-14(11-21-16)8-10-20-17(23)19-9-7-13-1-3-15(12-22)4-2-13/h1-6,11,22H,7-10,12H2,(H2,19,20,23). The van der Waals surface area contributed by atoms with Crippen molar-refractivity contribution in [2.45, 2.75) is 19.4 Å². The average Bonchev–Trinajstić information content (AvgIpc) is 2.57. The van der Waals surface area contributed by atoms with Gasteiger partial charge in [-0.1, -0.05) is 41.9 Å². The summed E-state index contributed by atoms with van der Waals surface area (Å²) in [7, 11) is 0. The SMILES string of the molecule is O=C(NCCc1ccc(CO)cc1)NCCc1ccc(Cl)nc1. The van der Waals surface area contributed by atoms with Gasteiger partial charge >= 0.3 is 6.03 Å². The largest absolute Gasteiger partial charge is 0.392 e. The zero-order valence-electron chi connectivity index (χ0n) is 12.8. The maximum atomic E-state index is 11.7. The molecule has 5 nitrogen and oxygen atoms in total. The maximum absolute atomic E-state index is 11.7. The number of nitrogens with zero attached hydrogens (tertiary/aromatic N) is 1. The van der Waals surface area contributed by atoms with Crippen molar-refractivity contribution in [1.29, 1.82) is 0 Å². The van der Waals surface area contributed by atoms with Gasteiger partial charge in [0.25, 0.3) is 0 Å². The molecule has 0 radical (unpaired) electrons. The quantitative estimate of drug-likeness (QED) is 0.681. The van der Waals surface area contributed by atoms with Crippen LogP contribution >= 0.6 is 11.6 Å². The van der Waals surface area contributed by atoms with Crippen LogP contribution in [0.1, 0.15) is 16.7 Å². The lowest BCUT2D eigenvalue weighted by molar-refractivity contribution is 0.241. The van der Waals surface area contributed by atoms with E-state index in [0.29, 0.717) is 24.7 Å². The lowest BCUT2D eigenvalue weighted by Gasteiger charge is -2.08. The molecule has 122 valence electrons. The van der Waals surface area contributed by atoms with Gasteiger partial charge in [0.05, 0.1) is 6.61 Å². The molecule has 0 atom stereocenters. The number of rotatable bonds is 7. The Morgan fingerprint density at radius 1 is 0.957 bits per heavy atom. The molecule has 2 aromatic rings. The van der Waals surface area contributed by atoms with Crippen LogP contribution in [0.15, 0.2) is 42.6 Å². The lowest BCUT2D eigenvalue weighted by atomic mass is 10.1. The van der Waals surface area contributed by atoms with Crippen molar-refractivity contribution in [2.75, 3.05) is 13.1 Å². The zero-order valence-corrected chi connectivity index (χ0v) is 13.5. The molecule has 1 heterocycles. The molecule has 23 heavy (non-hydrogen) atoms. The first-order valence-electron chi connectivity index (χ1n) is 7.48. The van der Waals surface area contributed by atoms with Crippen molar-refractivity contribution in [2.24, 2.45) is 0 Å². The molecule has 0 saturated carbocycles. The molecule has 0 unspecified atom stereocenters. The van der Waals surface area contributed by atoms with Crippen LogP contribution in [0.3, 0.4) is 0 Å². The van der Waals surface area contributed by atoms with Gasteiger partial charge in [-0.2, -0.15) is 0 Å². The second-order valence-corrected chi connectivity index (χ2v) is 5.53. The summed E-state index contributed by atoms with van der Waals surface area (Å²) in [5, 5.41) is 15.1. The summed E-state index contributed by atoms with van der Waals surface area (Å²) < 4.78 is 0. The van der Waals surface area contributed by atoms with Crippen LogP contribution in [-0.2, 0) is 19.4 Å². The molecule has 0 saturated heterocycles. The van der Waals surface area contributed by atoms with Crippen molar-refractivity contribution in [3.05, 3.63) is 64.4 Å². The van der Waals surface area contributed by atoms with Gasteiger partial charge in [-0.05, 0) is 35.6 Å². The number of benzene rings is 1. The molecule has 1 aromatic carbocycles. The minimum atomic E-state index is -0.182. The predicted octanol–water partition coefficient (Wildman–Crippen LogP) is 2.31. The Morgan fingerprint density at radius 2 is 1.52 bits per heavy atom. The molecule has 0 fully saturated rings. The highest BCUT2D eigenvalue weighted by atomic mass is 35.5. The summed E-state index contributed by atoms with van der Waals surface area (Å²) in [4.78, 5) is 15.7. The van der Waals surface area contributed by atoms with Crippen LogP contribution < -0.4 is 10.6 Å². The zero-order chi connectivity index (χ0) is 16.5. The summed E-state index contributed by atoms with van der Waals surface area (Å²) in [5.74, 6) is 0. The van der Waals surface area contributed by atoms with Gasteiger partial charge in [0, 0.05) is 19.3 Å². The average molecular weight is 334 g/mol. The van der Waals surface area contributed by atoms with Gasteiger partial charge in [-0.25, -0.2) is 9.78 Å². The van der Waals surface area contributed by atoms with Crippen molar-refractivity contribution in [3.63, 3.8) is 0 Å². The van der Waals surface area contributed by atoms with E-state index < -0.39 is 0 Å². The fourth-order valence-corrected chi connectivity index (χ4v) is 2.18. The second-order valence-electron chi connectivity index (χ2n) is 5.15. The van der Waals surface area contributed by atoms with E-state index in [0.717, 1.165) is 23.1 Å². The molecular weight excluding hydrogens is 314 g/mol. The molecule has 0 aliphatic rings. The van der Waals surface area contributed by atoms with Crippen LogP contribution in [0.2, 0.25) is 5.15 Å². The van der Waals surface area contributed by atoms with Crippen LogP contribution in [0.5, 0.6) is 0 Å². The number of pyridine rings is 1. The maximum Gasteiger partial charge on any atom is 0.314 e. The smallest absolute Gasteiger partial charge is 0.314 e. The lowest BCUT2D eigenvalue weighted by Crippen LogP contribution is -2.37. The normalized spacial score (nSPS) is 10.3. The van der Waals surface area contributed by atoms with Gasteiger partial charge in [-0.3, -0.25) is 0 Å². The van der Waals surface area contributed by atoms with Gasteiger partial charge < -0.3 is 15.7 Å². The topological polar surface area (TPSA) is 74.2 Å². The fourth-order valence-electron chi connectivity index (χ4n) is 2.07. The van der Waals surface area contributed by atoms with E-state index in [9.17, 15) is 4.79 Å². The number of urea groups is 1. The minimum Gasteiger partial charge on any atom is -0.392 e. The van der Waals surface area contributed by atoms with E-state index >= 15 is 0 Å². The van der Waals surface area contributed by atoms with Crippen molar-refractivity contribution in [3.8, 4) is 0 Å². The first kappa shape index (κ1) is 17.2. The Bertz CT molecular complexity index is 615. The van der Waals surface area contributed by atoms with Crippen LogP contribution in [-0.4, -0.2) is 29.2 Å². The van der Waals surface area contributed by atoms with E-state index in [2.05, 4.69) is 15.6 Å². The Balaban J connectivity index is 1.62. The molecule has 1 aromatic heterocycles. The number of nitrogens with one attached hydrogen (secondary N) is 2. The summed E-state index contributed by atoms with van der Waals surface area (Å²) in [6.07, 6.45) is 3.17. The molecule has 0 spiro atoms. The highest BCUT2D eigenvalue weighted by Crippen LogP contribution is 2.05. The molecule has 0 aliphatic carbocycles. The molecular formula is C17H20ClN3O2. The number of carbonyl (C=O) groups is 1. The number of amides is 2. The number of carbonyl (C=O) groups excluding carboxylic acids is 1. The summed E-state index contributed by atoms with van der Waals surface area (Å²) in [6.45, 7) is 1.15. The Kier molecular flexibility index (Phi) is 6.84. The fraction of sp³-hybridized carbons (Fsp3) is 0.294. The van der Waals surface area contributed by atoms with Crippen LogP contribution in [0, 0.1) is 0 Å². The molecule has 2 rings (SSSR count). The number of hydrogen-bond donors (Lipinski definition) is 3. The van der Waals surface area contributed by atoms with Gasteiger partial charge in [0.2, 0.25) is 0 Å². The second kappa shape index (κ2) is 9.12.